The summed E-state index contributed by atoms with van der Waals surface area (Å²) in [5.41, 5.74) is 7.92. The third kappa shape index (κ3) is 4.53. The van der Waals surface area contributed by atoms with E-state index in [0.29, 0.717) is 12.5 Å². The van der Waals surface area contributed by atoms with Gasteiger partial charge in [0.1, 0.15) is 17.7 Å². The van der Waals surface area contributed by atoms with E-state index in [0.717, 1.165) is 12.1 Å². The van der Waals surface area contributed by atoms with Crippen molar-refractivity contribution in [2.24, 2.45) is 5.11 Å². The van der Waals surface area contributed by atoms with E-state index < -0.39 is 23.6 Å². The number of carboxylic acids is 1. The molecule has 0 bridgehead atoms. The van der Waals surface area contributed by atoms with Crippen LogP contribution >= 0.6 is 0 Å². The average Bonchev–Trinajstić information content (AvgIpc) is 2.35. The monoisotopic (exact) mass is 270 g/mol. The highest BCUT2D eigenvalue weighted by Crippen LogP contribution is 2.18. The van der Waals surface area contributed by atoms with Gasteiger partial charge in [-0.05, 0) is 24.6 Å². The Morgan fingerprint density at radius 2 is 2.26 bits per heavy atom. The third-order valence-electron chi connectivity index (χ3n) is 2.37. The zero-order valence-corrected chi connectivity index (χ0v) is 9.88. The number of carbonyl (C=O) groups is 1. The van der Waals surface area contributed by atoms with Gasteiger partial charge in [-0.2, -0.15) is 0 Å². The van der Waals surface area contributed by atoms with Gasteiger partial charge in [0.15, 0.2) is 0 Å². The fourth-order valence-corrected chi connectivity index (χ4v) is 1.51. The number of hydrogen-bond donors (Lipinski definition) is 2. The maximum atomic E-state index is 13.5. The Morgan fingerprint density at radius 3 is 2.84 bits per heavy atom. The maximum Gasteiger partial charge on any atom is 0.325 e. The van der Waals surface area contributed by atoms with Gasteiger partial charge in [0.25, 0.3) is 0 Å². The second-order valence-corrected chi connectivity index (χ2v) is 3.70. The van der Waals surface area contributed by atoms with Crippen LogP contribution in [0.1, 0.15) is 18.0 Å². The predicted molar refractivity (Wildman–Crippen MR) is 63.4 cm³/mol. The van der Waals surface area contributed by atoms with Crippen molar-refractivity contribution < 1.29 is 18.7 Å². The summed E-state index contributed by atoms with van der Waals surface area (Å²) in [5, 5.41) is 14.9. The first-order valence-corrected chi connectivity index (χ1v) is 5.48. The van der Waals surface area contributed by atoms with E-state index in [2.05, 4.69) is 15.3 Å². The van der Waals surface area contributed by atoms with Crippen LogP contribution in [-0.2, 0) is 4.79 Å². The lowest BCUT2D eigenvalue weighted by atomic mass is 10.1. The molecule has 0 aliphatic heterocycles. The van der Waals surface area contributed by atoms with E-state index in [1.807, 2.05) is 0 Å². The van der Waals surface area contributed by atoms with E-state index in [1.165, 1.54) is 0 Å². The fourth-order valence-electron chi connectivity index (χ4n) is 1.51. The standard InChI is InChI=1S/C11H12F2N4O2/c12-7-2-3-8(9(13)6-7)10(11(18)19)15-4-1-5-16-17-14/h2-3,6,10,15H,1,4-5H2,(H,18,19). The number of carboxylic acid groups (broad SMARTS) is 1. The molecule has 8 heteroatoms. The van der Waals surface area contributed by atoms with Gasteiger partial charge in [-0.3, -0.25) is 4.79 Å². The van der Waals surface area contributed by atoms with Crippen molar-refractivity contribution in [2.45, 2.75) is 12.5 Å². The van der Waals surface area contributed by atoms with Gasteiger partial charge >= 0.3 is 5.97 Å². The van der Waals surface area contributed by atoms with Gasteiger partial charge in [0.05, 0.1) is 0 Å². The molecule has 6 nitrogen and oxygen atoms in total. The van der Waals surface area contributed by atoms with E-state index in [4.69, 9.17) is 10.6 Å². The Balaban J connectivity index is 2.71. The molecule has 102 valence electrons. The van der Waals surface area contributed by atoms with Crippen molar-refractivity contribution in [1.82, 2.24) is 5.32 Å². The first-order chi connectivity index (χ1) is 9.06. The van der Waals surface area contributed by atoms with Crippen molar-refractivity contribution in [3.05, 3.63) is 45.8 Å². The van der Waals surface area contributed by atoms with Crippen LogP contribution in [0.15, 0.2) is 23.3 Å². The molecule has 1 rings (SSSR count). The van der Waals surface area contributed by atoms with Crippen LogP contribution in [0.25, 0.3) is 10.4 Å². The average molecular weight is 270 g/mol. The molecule has 0 aliphatic rings. The second kappa shape index (κ2) is 7.30. The molecule has 0 saturated carbocycles. The molecule has 2 N–H and O–H groups in total. The first-order valence-electron chi connectivity index (χ1n) is 5.48. The number of halogens is 2. The normalized spacial score (nSPS) is 11.7. The lowest BCUT2D eigenvalue weighted by Gasteiger charge is -2.15. The summed E-state index contributed by atoms with van der Waals surface area (Å²) >= 11 is 0. The maximum absolute atomic E-state index is 13.5. The highest BCUT2D eigenvalue weighted by Gasteiger charge is 2.22. The van der Waals surface area contributed by atoms with E-state index >= 15 is 0 Å². The number of hydrogen-bond acceptors (Lipinski definition) is 3. The topological polar surface area (TPSA) is 98.1 Å². The SMILES string of the molecule is [N-]=[N+]=NCCCNC(C(=O)O)c1ccc(F)cc1F. The summed E-state index contributed by atoms with van der Waals surface area (Å²) in [5.74, 6) is -2.96. The van der Waals surface area contributed by atoms with Crippen molar-refractivity contribution in [3.8, 4) is 0 Å². The Morgan fingerprint density at radius 1 is 1.53 bits per heavy atom. The molecular formula is C11H12F2N4O2. The molecule has 0 aliphatic carbocycles. The summed E-state index contributed by atoms with van der Waals surface area (Å²) in [6.07, 6.45) is 0.413. The first kappa shape index (κ1) is 14.9. The molecule has 0 fully saturated rings. The predicted octanol–water partition coefficient (Wildman–Crippen LogP) is 2.38. The van der Waals surface area contributed by atoms with Crippen LogP contribution in [0.3, 0.4) is 0 Å². The molecule has 1 aromatic rings. The van der Waals surface area contributed by atoms with Crippen molar-refractivity contribution >= 4 is 5.97 Å². The quantitative estimate of drug-likeness (QED) is 0.344. The highest BCUT2D eigenvalue weighted by molar-refractivity contribution is 5.75. The number of benzene rings is 1. The summed E-state index contributed by atoms with van der Waals surface area (Å²) < 4.78 is 26.2. The summed E-state index contributed by atoms with van der Waals surface area (Å²) in [6, 6.07) is 1.44. The summed E-state index contributed by atoms with van der Waals surface area (Å²) in [6.45, 7) is 0.439. The number of rotatable bonds is 7. The van der Waals surface area contributed by atoms with Gasteiger partial charge in [0.2, 0.25) is 0 Å². The molecule has 0 radical (unpaired) electrons. The van der Waals surface area contributed by atoms with E-state index in [9.17, 15) is 13.6 Å². The zero-order chi connectivity index (χ0) is 14.3. The van der Waals surface area contributed by atoms with Gasteiger partial charge in [0, 0.05) is 23.1 Å². The summed E-state index contributed by atoms with van der Waals surface area (Å²) in [4.78, 5) is 13.6. The second-order valence-electron chi connectivity index (χ2n) is 3.70. The zero-order valence-electron chi connectivity index (χ0n) is 9.88. The minimum absolute atomic E-state index is 0.141. The van der Waals surface area contributed by atoms with Crippen molar-refractivity contribution in [1.29, 1.82) is 0 Å². The molecule has 0 spiro atoms. The molecule has 1 atom stereocenters. The van der Waals surface area contributed by atoms with Gasteiger partial charge in [-0.15, -0.1) is 0 Å². The Hall–Kier alpha value is -2.18. The van der Waals surface area contributed by atoms with Crippen LogP contribution < -0.4 is 5.32 Å². The smallest absolute Gasteiger partial charge is 0.325 e. The Labute approximate surface area is 107 Å². The summed E-state index contributed by atoms with van der Waals surface area (Å²) in [7, 11) is 0. The van der Waals surface area contributed by atoms with E-state index in [1.54, 1.807) is 0 Å². The molecule has 0 heterocycles. The lowest BCUT2D eigenvalue weighted by Crippen LogP contribution is -2.30. The Bertz CT molecular complexity index is 503. The molecule has 1 aromatic carbocycles. The van der Waals surface area contributed by atoms with Crippen LogP contribution in [0.2, 0.25) is 0 Å². The van der Waals surface area contributed by atoms with Gasteiger partial charge in [-0.25, -0.2) is 8.78 Å². The number of aliphatic carboxylic acids is 1. The molecule has 0 aromatic heterocycles. The largest absolute Gasteiger partial charge is 0.480 e. The third-order valence-corrected chi connectivity index (χ3v) is 2.37. The van der Waals surface area contributed by atoms with Gasteiger partial charge in [-0.1, -0.05) is 11.2 Å². The fraction of sp³-hybridized carbons (Fsp3) is 0.364. The number of nitrogens with zero attached hydrogens (tertiary/aromatic N) is 3. The molecular weight excluding hydrogens is 258 g/mol. The minimum atomic E-state index is -1.27. The number of nitrogens with one attached hydrogen (secondary N) is 1. The van der Waals surface area contributed by atoms with Crippen LogP contribution in [0.4, 0.5) is 8.78 Å². The molecule has 1 unspecified atom stereocenters. The molecule has 0 amide bonds. The van der Waals surface area contributed by atoms with E-state index in [-0.39, 0.29) is 18.7 Å². The van der Waals surface area contributed by atoms with Crippen molar-refractivity contribution in [2.75, 3.05) is 13.1 Å². The van der Waals surface area contributed by atoms with Crippen LogP contribution in [-0.4, -0.2) is 24.2 Å². The molecule has 0 saturated heterocycles. The highest BCUT2D eigenvalue weighted by atomic mass is 19.1. The number of azide groups is 1. The molecule has 19 heavy (non-hydrogen) atoms. The van der Waals surface area contributed by atoms with Crippen LogP contribution in [0.5, 0.6) is 0 Å². The van der Waals surface area contributed by atoms with Gasteiger partial charge < -0.3 is 10.4 Å². The lowest BCUT2D eigenvalue weighted by molar-refractivity contribution is -0.139. The van der Waals surface area contributed by atoms with Crippen LogP contribution in [0, 0.1) is 11.6 Å². The minimum Gasteiger partial charge on any atom is -0.480 e. The Kier molecular flexibility index (Phi) is 5.72. The van der Waals surface area contributed by atoms with Crippen molar-refractivity contribution in [3.63, 3.8) is 0 Å².